The third kappa shape index (κ3) is 1.99. The van der Waals surface area contributed by atoms with Crippen LogP contribution in [0.5, 0.6) is 0 Å². The molecule has 0 unspecified atom stereocenters. The molecule has 4 heteroatoms. The van der Waals surface area contributed by atoms with Crippen LogP contribution in [0.25, 0.3) is 0 Å². The van der Waals surface area contributed by atoms with Crippen molar-refractivity contribution in [3.63, 3.8) is 0 Å². The van der Waals surface area contributed by atoms with Gasteiger partial charge in [0, 0.05) is 13.6 Å². The first-order chi connectivity index (χ1) is 5.15. The molecule has 0 N–H and O–H groups in total. The second-order valence-electron chi connectivity index (χ2n) is 1.91. The molecule has 0 spiro atoms. The maximum absolute atomic E-state index is 12.8. The van der Waals surface area contributed by atoms with Crippen molar-refractivity contribution >= 4 is 44.8 Å². The summed E-state index contributed by atoms with van der Waals surface area (Å²) in [4.78, 5) is 10.3. The molecule has 0 fully saturated rings. The lowest BCUT2D eigenvalue weighted by atomic mass is 10.2. The van der Waals surface area contributed by atoms with Crippen molar-refractivity contribution in [2.24, 2.45) is 0 Å². The van der Waals surface area contributed by atoms with Crippen molar-refractivity contribution in [2.45, 2.75) is 0 Å². The Morgan fingerprint density at radius 2 is 2.18 bits per heavy atom. The van der Waals surface area contributed by atoms with Crippen LogP contribution in [0, 0.1) is 9.39 Å². The predicted octanol–water partition coefficient (Wildman–Crippen LogP) is 3.01. The number of aldehydes is 1. The smallest absolute Gasteiger partial charge is 0.151 e. The van der Waals surface area contributed by atoms with Gasteiger partial charge in [-0.25, -0.2) is 4.39 Å². The Morgan fingerprint density at radius 3 is 2.73 bits per heavy atom. The molecule has 0 heterocycles. The van der Waals surface area contributed by atoms with Crippen molar-refractivity contribution in [1.29, 1.82) is 0 Å². The molecular weight excluding hydrogens is 326 g/mol. The maximum atomic E-state index is 12.8. The fourth-order valence-electron chi connectivity index (χ4n) is 0.628. The molecule has 0 aliphatic rings. The molecule has 1 nitrogen and oxygen atoms in total. The van der Waals surface area contributed by atoms with Gasteiger partial charge in [0.15, 0.2) is 6.29 Å². The van der Waals surface area contributed by atoms with E-state index in [1.165, 1.54) is 6.07 Å². The molecule has 1 aromatic rings. The van der Waals surface area contributed by atoms with Crippen LogP contribution >= 0.6 is 38.5 Å². The summed E-state index contributed by atoms with van der Waals surface area (Å²) >= 11 is 5.00. The number of halogens is 3. The van der Waals surface area contributed by atoms with E-state index in [4.69, 9.17) is 0 Å². The predicted molar refractivity (Wildman–Crippen MR) is 52.2 cm³/mol. The molecular formula is C7H3BrFIO. The van der Waals surface area contributed by atoms with Gasteiger partial charge in [-0.05, 0) is 34.7 Å². The number of benzene rings is 1. The van der Waals surface area contributed by atoms with Crippen molar-refractivity contribution in [3.05, 3.63) is 31.6 Å². The summed E-state index contributed by atoms with van der Waals surface area (Å²) < 4.78 is 13.9. The number of hydrogen-bond acceptors (Lipinski definition) is 1. The highest BCUT2D eigenvalue weighted by Crippen LogP contribution is 2.20. The van der Waals surface area contributed by atoms with Crippen molar-refractivity contribution in [2.75, 3.05) is 0 Å². The minimum atomic E-state index is -0.365. The quantitative estimate of drug-likeness (QED) is 0.440. The first-order valence-corrected chi connectivity index (χ1v) is 4.62. The SMILES string of the molecule is O=Cc1cc(F)c(I)cc1Br. The van der Waals surface area contributed by atoms with E-state index in [0.29, 0.717) is 19.9 Å². The van der Waals surface area contributed by atoms with Gasteiger partial charge in [0.1, 0.15) is 5.82 Å². The van der Waals surface area contributed by atoms with Gasteiger partial charge in [-0.2, -0.15) is 0 Å². The van der Waals surface area contributed by atoms with E-state index in [-0.39, 0.29) is 5.82 Å². The third-order valence-corrected chi connectivity index (χ3v) is 2.68. The average Bonchev–Trinajstić information content (AvgIpc) is 1.97. The first kappa shape index (κ1) is 9.12. The second-order valence-corrected chi connectivity index (χ2v) is 3.92. The summed E-state index contributed by atoms with van der Waals surface area (Å²) in [5.41, 5.74) is 0.336. The van der Waals surface area contributed by atoms with E-state index in [1.54, 1.807) is 6.07 Å². The van der Waals surface area contributed by atoms with Gasteiger partial charge < -0.3 is 0 Å². The second kappa shape index (κ2) is 3.62. The number of carbonyl (C=O) groups excluding carboxylic acids is 1. The zero-order chi connectivity index (χ0) is 8.43. The fourth-order valence-corrected chi connectivity index (χ4v) is 1.96. The lowest BCUT2D eigenvalue weighted by Crippen LogP contribution is -1.88. The van der Waals surface area contributed by atoms with Gasteiger partial charge in [0.05, 0.1) is 0 Å². The van der Waals surface area contributed by atoms with Gasteiger partial charge in [-0.1, -0.05) is 15.9 Å². The van der Waals surface area contributed by atoms with Crippen LogP contribution in [0.3, 0.4) is 0 Å². The van der Waals surface area contributed by atoms with Crippen molar-refractivity contribution in [1.82, 2.24) is 0 Å². The lowest BCUT2D eigenvalue weighted by molar-refractivity contribution is 0.112. The van der Waals surface area contributed by atoms with Crippen molar-refractivity contribution in [3.8, 4) is 0 Å². The summed E-state index contributed by atoms with van der Waals surface area (Å²) in [5.74, 6) is -0.365. The molecule has 0 radical (unpaired) electrons. The maximum Gasteiger partial charge on any atom is 0.151 e. The largest absolute Gasteiger partial charge is 0.298 e. The number of rotatable bonds is 1. The molecule has 0 atom stereocenters. The zero-order valence-corrected chi connectivity index (χ0v) is 9.02. The topological polar surface area (TPSA) is 17.1 Å². The minimum absolute atomic E-state index is 0.336. The molecule has 0 aliphatic heterocycles. The van der Waals surface area contributed by atoms with Crippen molar-refractivity contribution < 1.29 is 9.18 Å². The normalized spacial score (nSPS) is 9.73. The molecule has 0 saturated heterocycles. The van der Waals surface area contributed by atoms with Gasteiger partial charge in [-0.15, -0.1) is 0 Å². The Bertz CT molecular complexity index is 301. The molecule has 1 aromatic carbocycles. The molecule has 11 heavy (non-hydrogen) atoms. The fraction of sp³-hybridized carbons (Fsp3) is 0. The van der Waals surface area contributed by atoms with Gasteiger partial charge in [0.2, 0.25) is 0 Å². The average molecular weight is 329 g/mol. The summed E-state index contributed by atoms with van der Waals surface area (Å²) in [7, 11) is 0. The molecule has 58 valence electrons. The highest BCUT2D eigenvalue weighted by Gasteiger charge is 2.04. The highest BCUT2D eigenvalue weighted by atomic mass is 127. The Morgan fingerprint density at radius 1 is 1.55 bits per heavy atom. The molecule has 0 saturated carbocycles. The van der Waals surface area contributed by atoms with E-state index in [1.807, 2.05) is 22.6 Å². The summed E-state index contributed by atoms with van der Waals surface area (Å²) in [6, 6.07) is 2.78. The first-order valence-electron chi connectivity index (χ1n) is 2.75. The summed E-state index contributed by atoms with van der Waals surface area (Å²) in [6.45, 7) is 0. The monoisotopic (exact) mass is 328 g/mol. The minimum Gasteiger partial charge on any atom is -0.298 e. The van der Waals surface area contributed by atoms with E-state index >= 15 is 0 Å². The Hall–Kier alpha value is 0.0300. The van der Waals surface area contributed by atoms with Crippen LogP contribution in [-0.2, 0) is 0 Å². The van der Waals surface area contributed by atoms with Gasteiger partial charge >= 0.3 is 0 Å². The third-order valence-electron chi connectivity index (χ3n) is 1.17. The molecule has 1 rings (SSSR count). The van der Waals surface area contributed by atoms with Crippen LogP contribution < -0.4 is 0 Å². The molecule has 0 amide bonds. The number of carbonyl (C=O) groups is 1. The lowest BCUT2D eigenvalue weighted by Gasteiger charge is -1.97. The Balaban J connectivity index is 3.31. The van der Waals surface area contributed by atoms with Crippen LogP contribution in [0.4, 0.5) is 4.39 Å². The number of hydrogen-bond donors (Lipinski definition) is 0. The van der Waals surface area contributed by atoms with E-state index in [2.05, 4.69) is 15.9 Å². The standard InChI is InChI=1S/C7H3BrFIO/c8-5-2-7(10)6(9)1-4(5)3-11/h1-3H. The van der Waals surface area contributed by atoms with Gasteiger partial charge in [0.25, 0.3) is 0 Å². The van der Waals surface area contributed by atoms with Crippen LogP contribution in [0.2, 0.25) is 0 Å². The van der Waals surface area contributed by atoms with Gasteiger partial charge in [-0.3, -0.25) is 4.79 Å². The zero-order valence-electron chi connectivity index (χ0n) is 5.27. The molecule has 0 bridgehead atoms. The van der Waals surface area contributed by atoms with Crippen LogP contribution in [0.1, 0.15) is 10.4 Å². The van der Waals surface area contributed by atoms with E-state index in [0.717, 1.165) is 0 Å². The van der Waals surface area contributed by atoms with Crippen LogP contribution in [0.15, 0.2) is 16.6 Å². The molecule has 0 aliphatic carbocycles. The van der Waals surface area contributed by atoms with Crippen LogP contribution in [-0.4, -0.2) is 6.29 Å². The van der Waals surface area contributed by atoms with E-state index in [9.17, 15) is 9.18 Å². The summed E-state index contributed by atoms with van der Waals surface area (Å²) in [5, 5.41) is 0. The summed E-state index contributed by atoms with van der Waals surface area (Å²) in [6.07, 6.45) is 0.614. The Labute approximate surface area is 85.3 Å². The Kier molecular flexibility index (Phi) is 3.00. The van der Waals surface area contributed by atoms with E-state index < -0.39 is 0 Å². The highest BCUT2D eigenvalue weighted by molar-refractivity contribution is 14.1. The molecule has 0 aromatic heterocycles.